The average molecular weight is 179 g/mol. The molecule has 0 aromatic heterocycles. The zero-order valence-electron chi connectivity index (χ0n) is 8.14. The predicted octanol–water partition coefficient (Wildman–Crippen LogP) is 3.20. The Morgan fingerprint density at radius 2 is 1.75 bits per heavy atom. The fourth-order valence-corrected chi connectivity index (χ4v) is 1.26. The second kappa shape index (κ2) is 3.06. The van der Waals surface area contributed by atoms with E-state index in [2.05, 4.69) is 45.9 Å². The normalized spacial score (nSPS) is 11.7. The van der Waals surface area contributed by atoms with Crippen LogP contribution >= 0.6 is 0 Å². The van der Waals surface area contributed by atoms with E-state index in [9.17, 15) is 0 Å². The van der Waals surface area contributed by atoms with E-state index in [0.29, 0.717) is 0 Å². The van der Waals surface area contributed by atoms with Crippen molar-refractivity contribution in [2.24, 2.45) is 0 Å². The fraction of sp³-hybridized carbons (Fsp3) is 0.455. The van der Waals surface area contributed by atoms with Gasteiger partial charge in [-0.3, -0.25) is 0 Å². The van der Waals surface area contributed by atoms with Gasteiger partial charge in [0.05, 0.1) is 0 Å². The van der Waals surface area contributed by atoms with Crippen molar-refractivity contribution in [2.75, 3.05) is 0 Å². The molecule has 0 atom stereocenters. The molecule has 0 aliphatic carbocycles. The number of rotatable bonds is 0. The van der Waals surface area contributed by atoms with Gasteiger partial charge < -0.3 is 12.6 Å². The van der Waals surface area contributed by atoms with Crippen LogP contribution in [-0.4, -0.2) is 0 Å². The predicted molar refractivity (Wildman–Crippen MR) is 55.5 cm³/mol. The van der Waals surface area contributed by atoms with Crippen LogP contribution in [0.3, 0.4) is 0 Å². The third-order valence-electron chi connectivity index (χ3n) is 2.05. The summed E-state index contributed by atoms with van der Waals surface area (Å²) in [6, 6.07) is 6.36. The Bertz CT molecular complexity index is 282. The molecular weight excluding hydrogens is 164 g/mol. The summed E-state index contributed by atoms with van der Waals surface area (Å²) in [7, 11) is 0. The highest BCUT2D eigenvalue weighted by Gasteiger charge is 2.12. The second-order valence-corrected chi connectivity index (χ2v) is 4.67. The third kappa shape index (κ3) is 1.98. The van der Waals surface area contributed by atoms with Gasteiger partial charge in [-0.15, -0.1) is 0 Å². The SMILES string of the molecule is Cc1ccc(C(C)(C)C)cc1[S-]. The van der Waals surface area contributed by atoms with E-state index >= 15 is 0 Å². The molecule has 0 nitrogen and oxygen atoms in total. The van der Waals surface area contributed by atoms with Crippen molar-refractivity contribution < 1.29 is 0 Å². The van der Waals surface area contributed by atoms with Crippen LogP contribution in [0.4, 0.5) is 0 Å². The topological polar surface area (TPSA) is 0 Å². The highest BCUT2D eigenvalue weighted by Crippen LogP contribution is 2.24. The lowest BCUT2D eigenvalue weighted by molar-refractivity contribution is 0.588. The molecule has 0 saturated heterocycles. The Kier molecular flexibility index (Phi) is 2.43. The van der Waals surface area contributed by atoms with Crippen molar-refractivity contribution in [3.8, 4) is 0 Å². The van der Waals surface area contributed by atoms with Gasteiger partial charge in [-0.25, -0.2) is 0 Å². The van der Waals surface area contributed by atoms with Gasteiger partial charge in [0.25, 0.3) is 0 Å². The molecule has 0 fully saturated rings. The molecule has 1 aromatic carbocycles. The van der Waals surface area contributed by atoms with Crippen LogP contribution in [0.15, 0.2) is 23.1 Å². The average Bonchev–Trinajstić information content (AvgIpc) is 1.92. The maximum absolute atomic E-state index is 5.21. The summed E-state index contributed by atoms with van der Waals surface area (Å²) in [5.74, 6) is 0. The number of hydrogen-bond acceptors (Lipinski definition) is 1. The largest absolute Gasteiger partial charge is 0.779 e. The van der Waals surface area contributed by atoms with Crippen LogP contribution in [0.2, 0.25) is 0 Å². The molecule has 0 radical (unpaired) electrons. The molecule has 1 heteroatoms. The maximum Gasteiger partial charge on any atom is -0.0132 e. The third-order valence-corrected chi connectivity index (χ3v) is 2.49. The molecule has 1 aromatic rings. The van der Waals surface area contributed by atoms with Crippen molar-refractivity contribution in [3.05, 3.63) is 29.3 Å². The molecule has 0 unspecified atom stereocenters. The number of benzene rings is 1. The maximum atomic E-state index is 5.21. The smallest absolute Gasteiger partial charge is 0.0132 e. The molecule has 12 heavy (non-hydrogen) atoms. The van der Waals surface area contributed by atoms with Crippen LogP contribution in [0.25, 0.3) is 0 Å². The minimum absolute atomic E-state index is 0.210. The first-order valence-electron chi connectivity index (χ1n) is 4.19. The number of hydrogen-bond donors (Lipinski definition) is 0. The van der Waals surface area contributed by atoms with Crippen molar-refractivity contribution in [2.45, 2.75) is 38.0 Å². The molecule has 0 saturated carbocycles. The Hall–Kier alpha value is -0.560. The van der Waals surface area contributed by atoms with Gasteiger partial charge in [0.1, 0.15) is 0 Å². The van der Waals surface area contributed by atoms with E-state index in [1.54, 1.807) is 0 Å². The van der Waals surface area contributed by atoms with E-state index < -0.39 is 0 Å². The van der Waals surface area contributed by atoms with Crippen LogP contribution in [-0.2, 0) is 18.0 Å². The fourth-order valence-electron chi connectivity index (χ4n) is 1.07. The quantitative estimate of drug-likeness (QED) is 0.551. The lowest BCUT2D eigenvalue weighted by atomic mass is 9.87. The summed E-state index contributed by atoms with van der Waals surface area (Å²) in [4.78, 5) is 0.974. The molecule has 0 spiro atoms. The van der Waals surface area contributed by atoms with Crippen LogP contribution in [0, 0.1) is 6.92 Å². The first kappa shape index (κ1) is 9.53. The first-order chi connectivity index (χ1) is 5.41. The lowest BCUT2D eigenvalue weighted by Crippen LogP contribution is -2.11. The van der Waals surface area contributed by atoms with Gasteiger partial charge in [0.2, 0.25) is 0 Å². The van der Waals surface area contributed by atoms with E-state index in [4.69, 9.17) is 12.6 Å². The highest BCUT2D eigenvalue weighted by atomic mass is 32.1. The number of aryl methyl sites for hydroxylation is 1. The molecule has 0 bridgehead atoms. The lowest BCUT2D eigenvalue weighted by Gasteiger charge is -2.22. The minimum Gasteiger partial charge on any atom is -0.779 e. The van der Waals surface area contributed by atoms with Gasteiger partial charge in [-0.05, 0) is 17.9 Å². The van der Waals surface area contributed by atoms with E-state index in [1.165, 1.54) is 11.1 Å². The second-order valence-electron chi connectivity index (χ2n) is 4.23. The van der Waals surface area contributed by atoms with Gasteiger partial charge in [0, 0.05) is 0 Å². The van der Waals surface area contributed by atoms with Crippen LogP contribution < -0.4 is 0 Å². The van der Waals surface area contributed by atoms with Crippen LogP contribution in [0.1, 0.15) is 31.9 Å². The summed E-state index contributed by atoms with van der Waals surface area (Å²) in [5, 5.41) is 0. The first-order valence-corrected chi connectivity index (χ1v) is 4.60. The highest BCUT2D eigenvalue weighted by molar-refractivity contribution is 7.58. The van der Waals surface area contributed by atoms with Crippen molar-refractivity contribution in [3.63, 3.8) is 0 Å². The molecule has 0 amide bonds. The summed E-state index contributed by atoms with van der Waals surface area (Å²) in [6.07, 6.45) is 0. The summed E-state index contributed by atoms with van der Waals surface area (Å²) >= 11 is 5.21. The van der Waals surface area contributed by atoms with E-state index in [-0.39, 0.29) is 5.41 Å². The molecule has 66 valence electrons. The van der Waals surface area contributed by atoms with E-state index in [1.807, 2.05) is 0 Å². The molecule has 0 aliphatic rings. The Labute approximate surface area is 80.4 Å². The molecule has 0 aliphatic heterocycles. The van der Waals surface area contributed by atoms with Gasteiger partial charge in [0.15, 0.2) is 0 Å². The zero-order valence-corrected chi connectivity index (χ0v) is 8.96. The van der Waals surface area contributed by atoms with Crippen LogP contribution in [0.5, 0.6) is 0 Å². The zero-order chi connectivity index (χ0) is 9.35. The Morgan fingerprint density at radius 1 is 1.17 bits per heavy atom. The molecule has 0 N–H and O–H groups in total. The summed E-state index contributed by atoms with van der Waals surface area (Å²) in [6.45, 7) is 8.65. The Morgan fingerprint density at radius 3 is 2.17 bits per heavy atom. The van der Waals surface area contributed by atoms with Crippen molar-refractivity contribution in [1.82, 2.24) is 0 Å². The summed E-state index contributed by atoms with van der Waals surface area (Å²) < 4.78 is 0. The Balaban J connectivity index is 3.14. The van der Waals surface area contributed by atoms with Crippen molar-refractivity contribution in [1.29, 1.82) is 0 Å². The molecular formula is C11H15S-. The van der Waals surface area contributed by atoms with Gasteiger partial charge in [-0.2, -0.15) is 4.90 Å². The summed E-state index contributed by atoms with van der Waals surface area (Å²) in [5.41, 5.74) is 2.72. The van der Waals surface area contributed by atoms with Gasteiger partial charge in [-0.1, -0.05) is 44.5 Å². The van der Waals surface area contributed by atoms with Gasteiger partial charge >= 0.3 is 0 Å². The van der Waals surface area contributed by atoms with E-state index in [0.717, 1.165) is 4.90 Å². The minimum atomic E-state index is 0.210. The monoisotopic (exact) mass is 179 g/mol. The van der Waals surface area contributed by atoms with Crippen molar-refractivity contribution >= 4 is 12.6 Å². The molecule has 0 heterocycles. The standard InChI is InChI=1S/C11H16S/c1-8-5-6-9(7-10(8)12)11(2,3)4/h5-7,12H,1-4H3/p-1. The molecule has 1 rings (SSSR count).